The maximum atomic E-state index is 12.8. The highest BCUT2D eigenvalue weighted by Crippen LogP contribution is 2.30. The van der Waals surface area contributed by atoms with Crippen LogP contribution in [0.2, 0.25) is 5.02 Å². The van der Waals surface area contributed by atoms with Gasteiger partial charge >= 0.3 is 0 Å². The quantitative estimate of drug-likeness (QED) is 0.682. The summed E-state index contributed by atoms with van der Waals surface area (Å²) >= 11 is 6.16. The molecule has 28 heavy (non-hydrogen) atoms. The Hall–Kier alpha value is -2.41. The highest BCUT2D eigenvalue weighted by Gasteiger charge is 2.29. The molecule has 0 aromatic heterocycles. The lowest BCUT2D eigenvalue weighted by atomic mass is 10.1. The first-order valence-corrected chi connectivity index (χ1v) is 10.9. The van der Waals surface area contributed by atoms with Crippen molar-refractivity contribution in [3.8, 4) is 0 Å². The van der Waals surface area contributed by atoms with E-state index in [0.717, 1.165) is 23.6 Å². The second kappa shape index (κ2) is 7.54. The third-order valence-electron chi connectivity index (χ3n) is 4.88. The van der Waals surface area contributed by atoms with Gasteiger partial charge < -0.3 is 5.32 Å². The minimum atomic E-state index is -3.67. The maximum absolute atomic E-state index is 12.8. The number of benzene rings is 3. The van der Waals surface area contributed by atoms with Crippen LogP contribution in [0.3, 0.4) is 0 Å². The molecule has 0 radical (unpaired) electrons. The summed E-state index contributed by atoms with van der Waals surface area (Å²) in [6.07, 6.45) is 1.68. The number of carbonyl (C=O) groups is 1. The van der Waals surface area contributed by atoms with E-state index in [1.807, 2.05) is 36.4 Å². The number of hydrogen-bond acceptors (Lipinski definition) is 3. The van der Waals surface area contributed by atoms with Crippen molar-refractivity contribution in [3.05, 3.63) is 71.2 Å². The fraction of sp³-hybridized carbons (Fsp3) is 0.190. The molecule has 5 nitrogen and oxygen atoms in total. The van der Waals surface area contributed by atoms with Gasteiger partial charge in [-0.05, 0) is 53.9 Å². The van der Waals surface area contributed by atoms with Gasteiger partial charge in [0.15, 0.2) is 0 Å². The van der Waals surface area contributed by atoms with E-state index in [1.54, 1.807) is 12.1 Å². The van der Waals surface area contributed by atoms with Gasteiger partial charge in [-0.15, -0.1) is 0 Å². The molecule has 7 heteroatoms. The van der Waals surface area contributed by atoms with Gasteiger partial charge in [-0.2, -0.15) is 4.31 Å². The van der Waals surface area contributed by atoms with Crippen molar-refractivity contribution >= 4 is 44.0 Å². The minimum Gasteiger partial charge on any atom is -0.322 e. The number of halogens is 1. The molecule has 1 aliphatic heterocycles. The molecule has 144 valence electrons. The fourth-order valence-electron chi connectivity index (χ4n) is 3.38. The first-order valence-electron chi connectivity index (χ1n) is 9.05. The first kappa shape index (κ1) is 18.9. The number of nitrogens with one attached hydrogen (secondary N) is 1. The van der Waals surface area contributed by atoms with Crippen LogP contribution in [0.15, 0.2) is 65.6 Å². The average molecular weight is 415 g/mol. The van der Waals surface area contributed by atoms with Gasteiger partial charge in [-0.3, -0.25) is 4.79 Å². The summed E-state index contributed by atoms with van der Waals surface area (Å²) in [6.45, 7) is 0.985. The minimum absolute atomic E-state index is 0.0207. The Morgan fingerprint density at radius 1 is 0.929 bits per heavy atom. The standard InChI is InChI=1S/C21H19ClN2O3S/c22-19-10-9-18(14-20(19)28(26,27)24-11-3-4-12-24)23-21(25)17-8-7-15-5-1-2-6-16(15)13-17/h1-2,5-10,13-14H,3-4,11-12H2,(H,23,25). The number of carbonyl (C=O) groups excluding carboxylic acids is 1. The van der Waals surface area contributed by atoms with Crippen LogP contribution >= 0.6 is 11.6 Å². The van der Waals surface area contributed by atoms with Gasteiger partial charge in [-0.25, -0.2) is 8.42 Å². The third-order valence-corrected chi connectivity index (χ3v) is 7.26. The predicted octanol–water partition coefficient (Wildman–Crippen LogP) is 4.53. The lowest BCUT2D eigenvalue weighted by Crippen LogP contribution is -2.28. The Labute approximate surface area is 169 Å². The van der Waals surface area contributed by atoms with Gasteiger partial charge in [0.1, 0.15) is 4.90 Å². The molecule has 0 spiro atoms. The molecule has 1 saturated heterocycles. The number of rotatable bonds is 4. The number of nitrogens with zero attached hydrogens (tertiary/aromatic N) is 1. The number of hydrogen-bond donors (Lipinski definition) is 1. The van der Waals surface area contributed by atoms with Crippen LogP contribution < -0.4 is 5.32 Å². The molecule has 1 N–H and O–H groups in total. The Morgan fingerprint density at radius 2 is 1.64 bits per heavy atom. The van der Waals surface area contributed by atoms with E-state index in [0.29, 0.717) is 24.3 Å². The van der Waals surface area contributed by atoms with Crippen molar-refractivity contribution in [3.63, 3.8) is 0 Å². The van der Waals surface area contributed by atoms with Crippen LogP contribution in [0.25, 0.3) is 10.8 Å². The third kappa shape index (κ3) is 3.63. The van der Waals surface area contributed by atoms with E-state index in [2.05, 4.69) is 5.32 Å². The molecule has 0 bridgehead atoms. The molecular weight excluding hydrogens is 396 g/mol. The van der Waals surface area contributed by atoms with Crippen molar-refractivity contribution in [1.29, 1.82) is 0 Å². The second-order valence-electron chi connectivity index (χ2n) is 6.77. The van der Waals surface area contributed by atoms with E-state index in [4.69, 9.17) is 11.6 Å². The Morgan fingerprint density at radius 3 is 2.39 bits per heavy atom. The number of fused-ring (bicyclic) bond motifs is 1. The SMILES string of the molecule is O=C(Nc1ccc(Cl)c(S(=O)(=O)N2CCCC2)c1)c1ccc2ccccc2c1. The topological polar surface area (TPSA) is 66.5 Å². The summed E-state index contributed by atoms with van der Waals surface area (Å²) in [5, 5.41) is 4.93. The zero-order valence-electron chi connectivity index (χ0n) is 15.1. The predicted molar refractivity (Wildman–Crippen MR) is 111 cm³/mol. The highest BCUT2D eigenvalue weighted by atomic mass is 35.5. The van der Waals surface area contributed by atoms with Crippen molar-refractivity contribution < 1.29 is 13.2 Å². The fourth-order valence-corrected chi connectivity index (χ4v) is 5.40. The zero-order chi connectivity index (χ0) is 19.7. The number of anilines is 1. The Bertz CT molecular complexity index is 1160. The van der Waals surface area contributed by atoms with Gasteiger partial charge in [-0.1, -0.05) is 41.9 Å². The summed E-state index contributed by atoms with van der Waals surface area (Å²) in [5.74, 6) is -0.308. The number of amides is 1. The van der Waals surface area contributed by atoms with E-state index in [1.165, 1.54) is 16.4 Å². The molecule has 0 unspecified atom stereocenters. The van der Waals surface area contributed by atoms with Gasteiger partial charge in [0.25, 0.3) is 5.91 Å². The Kier molecular flexibility index (Phi) is 5.10. The molecule has 1 fully saturated rings. The van der Waals surface area contributed by atoms with Gasteiger partial charge in [0.05, 0.1) is 5.02 Å². The lowest BCUT2D eigenvalue weighted by molar-refractivity contribution is 0.102. The molecule has 4 rings (SSSR count). The van der Waals surface area contributed by atoms with E-state index >= 15 is 0 Å². The van der Waals surface area contributed by atoms with Crippen molar-refractivity contribution in [2.45, 2.75) is 17.7 Å². The van der Waals surface area contributed by atoms with Crippen molar-refractivity contribution in [2.75, 3.05) is 18.4 Å². The van der Waals surface area contributed by atoms with E-state index in [-0.39, 0.29) is 15.8 Å². The summed E-state index contributed by atoms with van der Waals surface area (Å²) in [4.78, 5) is 12.7. The summed E-state index contributed by atoms with van der Waals surface area (Å²) in [5.41, 5.74) is 0.887. The largest absolute Gasteiger partial charge is 0.322 e. The average Bonchev–Trinajstić information content (AvgIpc) is 3.24. The monoisotopic (exact) mass is 414 g/mol. The molecule has 1 heterocycles. The van der Waals surface area contributed by atoms with Gasteiger partial charge in [0, 0.05) is 24.3 Å². The number of sulfonamides is 1. The molecule has 0 aliphatic carbocycles. The highest BCUT2D eigenvalue weighted by molar-refractivity contribution is 7.89. The second-order valence-corrected chi connectivity index (χ2v) is 9.09. The van der Waals surface area contributed by atoms with Gasteiger partial charge in [0.2, 0.25) is 10.0 Å². The molecule has 3 aromatic rings. The molecule has 0 atom stereocenters. The molecule has 3 aromatic carbocycles. The van der Waals surface area contributed by atoms with Crippen LogP contribution in [-0.2, 0) is 10.0 Å². The molecule has 1 amide bonds. The Balaban J connectivity index is 1.61. The normalized spacial score (nSPS) is 15.0. The van der Waals surface area contributed by atoms with E-state index in [9.17, 15) is 13.2 Å². The van der Waals surface area contributed by atoms with Crippen LogP contribution in [-0.4, -0.2) is 31.7 Å². The molecular formula is C21H19ClN2O3S. The first-order chi connectivity index (χ1) is 13.4. The lowest BCUT2D eigenvalue weighted by Gasteiger charge is -2.17. The van der Waals surface area contributed by atoms with Crippen LogP contribution in [0.4, 0.5) is 5.69 Å². The van der Waals surface area contributed by atoms with E-state index < -0.39 is 10.0 Å². The van der Waals surface area contributed by atoms with Crippen LogP contribution in [0, 0.1) is 0 Å². The smallest absolute Gasteiger partial charge is 0.255 e. The summed E-state index contributed by atoms with van der Waals surface area (Å²) in [7, 11) is -3.67. The van der Waals surface area contributed by atoms with Crippen molar-refractivity contribution in [2.24, 2.45) is 0 Å². The maximum Gasteiger partial charge on any atom is 0.255 e. The summed E-state index contributed by atoms with van der Waals surface area (Å²) < 4.78 is 27.1. The molecule has 0 saturated carbocycles. The zero-order valence-corrected chi connectivity index (χ0v) is 16.6. The van der Waals surface area contributed by atoms with Crippen molar-refractivity contribution in [1.82, 2.24) is 4.31 Å². The van der Waals surface area contributed by atoms with Crippen LogP contribution in [0.1, 0.15) is 23.2 Å². The summed E-state index contributed by atoms with van der Waals surface area (Å²) in [6, 6.07) is 17.7. The van der Waals surface area contributed by atoms with Crippen LogP contribution in [0.5, 0.6) is 0 Å². The molecule has 1 aliphatic rings.